The number of carbonyl (C=O) groups excluding carboxylic acids is 1. The standard InChI is InChI=1S/C27H23ClFN3O2/c1-3-31(4-2)27(33)34-25-13-12-24-20(26(25)19-10-8-18(16-30)9-11-19)14-15-32(24)17-21-22(28)6-5-7-23(21)29/h5-15H,3-4,17H2,1-2H3. The molecule has 34 heavy (non-hydrogen) atoms. The number of amides is 1. The predicted octanol–water partition coefficient (Wildman–Crippen LogP) is 6.86. The van der Waals surface area contributed by atoms with E-state index in [-0.39, 0.29) is 12.4 Å². The lowest BCUT2D eigenvalue weighted by atomic mass is 9.99. The van der Waals surface area contributed by atoms with Gasteiger partial charge in [-0.1, -0.05) is 29.8 Å². The first kappa shape index (κ1) is 23.3. The number of nitrogens with zero attached hydrogens (tertiary/aromatic N) is 3. The van der Waals surface area contributed by atoms with Crippen LogP contribution in [0.15, 0.2) is 66.9 Å². The van der Waals surface area contributed by atoms with E-state index in [1.54, 1.807) is 35.2 Å². The first-order valence-corrected chi connectivity index (χ1v) is 11.4. The van der Waals surface area contributed by atoms with Crippen molar-refractivity contribution in [1.29, 1.82) is 5.26 Å². The quantitative estimate of drug-likeness (QED) is 0.306. The van der Waals surface area contributed by atoms with Gasteiger partial charge in [-0.15, -0.1) is 0 Å². The van der Waals surface area contributed by atoms with Crippen LogP contribution in [0.5, 0.6) is 5.75 Å². The highest BCUT2D eigenvalue weighted by Crippen LogP contribution is 2.38. The summed E-state index contributed by atoms with van der Waals surface area (Å²) in [7, 11) is 0. The van der Waals surface area contributed by atoms with Crippen LogP contribution in [0.25, 0.3) is 22.0 Å². The Balaban J connectivity index is 1.84. The molecule has 4 aromatic rings. The van der Waals surface area contributed by atoms with Crippen LogP contribution in [-0.4, -0.2) is 28.6 Å². The highest BCUT2D eigenvalue weighted by Gasteiger charge is 2.19. The van der Waals surface area contributed by atoms with Crippen molar-refractivity contribution in [2.45, 2.75) is 20.4 Å². The number of carbonyl (C=O) groups is 1. The van der Waals surface area contributed by atoms with Gasteiger partial charge in [-0.05, 0) is 61.9 Å². The lowest BCUT2D eigenvalue weighted by molar-refractivity contribution is 0.157. The summed E-state index contributed by atoms with van der Waals surface area (Å²) in [4.78, 5) is 14.3. The lowest BCUT2D eigenvalue weighted by Gasteiger charge is -2.20. The Morgan fingerprint density at radius 2 is 1.82 bits per heavy atom. The second kappa shape index (κ2) is 9.98. The minimum absolute atomic E-state index is 0.250. The zero-order valence-corrected chi connectivity index (χ0v) is 19.6. The van der Waals surface area contributed by atoms with E-state index in [2.05, 4.69) is 6.07 Å². The van der Waals surface area contributed by atoms with Gasteiger partial charge in [0.15, 0.2) is 0 Å². The molecule has 0 unspecified atom stereocenters. The van der Waals surface area contributed by atoms with Crippen molar-refractivity contribution in [3.63, 3.8) is 0 Å². The van der Waals surface area contributed by atoms with Gasteiger partial charge in [-0.3, -0.25) is 0 Å². The van der Waals surface area contributed by atoms with Gasteiger partial charge < -0.3 is 14.2 Å². The maximum absolute atomic E-state index is 14.4. The molecule has 0 atom stereocenters. The Hall–Kier alpha value is -3.82. The fourth-order valence-corrected chi connectivity index (χ4v) is 4.20. The third kappa shape index (κ3) is 4.48. The van der Waals surface area contributed by atoms with Gasteiger partial charge in [0.2, 0.25) is 0 Å². The van der Waals surface area contributed by atoms with Crippen LogP contribution in [-0.2, 0) is 6.54 Å². The second-order valence-corrected chi connectivity index (χ2v) is 8.15. The fourth-order valence-electron chi connectivity index (χ4n) is 3.98. The maximum atomic E-state index is 14.4. The van der Waals surface area contributed by atoms with Gasteiger partial charge in [-0.2, -0.15) is 5.26 Å². The van der Waals surface area contributed by atoms with Crippen LogP contribution in [0.3, 0.4) is 0 Å². The number of nitriles is 1. The number of aromatic nitrogens is 1. The molecule has 0 saturated carbocycles. The molecule has 0 fully saturated rings. The van der Waals surface area contributed by atoms with Crippen LogP contribution in [0, 0.1) is 17.1 Å². The Bertz CT molecular complexity index is 1370. The SMILES string of the molecule is CCN(CC)C(=O)Oc1ccc2c(ccn2Cc2c(F)cccc2Cl)c1-c1ccc(C#N)cc1. The monoisotopic (exact) mass is 475 g/mol. The Morgan fingerprint density at radius 1 is 1.09 bits per heavy atom. The number of hydrogen-bond acceptors (Lipinski definition) is 3. The summed E-state index contributed by atoms with van der Waals surface area (Å²) in [6.45, 7) is 5.10. The molecule has 0 saturated heterocycles. The van der Waals surface area contributed by atoms with Crippen molar-refractivity contribution in [3.05, 3.63) is 88.8 Å². The molecule has 0 N–H and O–H groups in total. The second-order valence-electron chi connectivity index (χ2n) is 7.74. The van der Waals surface area contributed by atoms with E-state index in [1.807, 2.05) is 48.9 Å². The minimum atomic E-state index is -0.434. The summed E-state index contributed by atoms with van der Waals surface area (Å²) in [5, 5.41) is 10.4. The van der Waals surface area contributed by atoms with Gasteiger partial charge in [-0.25, -0.2) is 9.18 Å². The number of fused-ring (bicyclic) bond motifs is 1. The van der Waals surface area contributed by atoms with E-state index in [0.717, 1.165) is 22.0 Å². The molecule has 0 radical (unpaired) electrons. The summed E-state index contributed by atoms with van der Waals surface area (Å²) in [5.74, 6) is 0.0437. The highest BCUT2D eigenvalue weighted by atomic mass is 35.5. The topological polar surface area (TPSA) is 58.3 Å². The number of benzene rings is 3. The Morgan fingerprint density at radius 3 is 2.47 bits per heavy atom. The molecule has 0 aliphatic carbocycles. The normalized spacial score (nSPS) is 10.8. The first-order valence-electron chi connectivity index (χ1n) is 11.0. The molecule has 172 valence electrons. The summed E-state index contributed by atoms with van der Waals surface area (Å²) < 4.78 is 22.1. The molecule has 5 nitrogen and oxygen atoms in total. The average molecular weight is 476 g/mol. The van der Waals surface area contributed by atoms with Crippen LogP contribution in [0.1, 0.15) is 25.0 Å². The number of hydrogen-bond donors (Lipinski definition) is 0. The molecule has 1 heterocycles. The smallest absolute Gasteiger partial charge is 0.410 e. The molecule has 4 rings (SSSR count). The largest absolute Gasteiger partial charge is 0.415 e. The Kier molecular flexibility index (Phi) is 6.85. The van der Waals surface area contributed by atoms with E-state index < -0.39 is 6.09 Å². The fraction of sp³-hybridized carbons (Fsp3) is 0.185. The molecule has 1 amide bonds. The molecular weight excluding hydrogens is 453 g/mol. The van der Waals surface area contributed by atoms with Gasteiger partial charge in [0, 0.05) is 46.3 Å². The van der Waals surface area contributed by atoms with Crippen LogP contribution >= 0.6 is 11.6 Å². The molecule has 0 aliphatic rings. The van der Waals surface area contributed by atoms with Crippen LogP contribution < -0.4 is 4.74 Å². The van der Waals surface area contributed by atoms with Gasteiger partial charge >= 0.3 is 6.09 Å². The summed E-state index contributed by atoms with van der Waals surface area (Å²) in [5.41, 5.74) is 3.29. The number of halogens is 2. The molecule has 0 bridgehead atoms. The van der Waals surface area contributed by atoms with Crippen molar-refractivity contribution < 1.29 is 13.9 Å². The summed E-state index contributed by atoms with van der Waals surface area (Å²) >= 11 is 6.25. The molecule has 7 heteroatoms. The van der Waals surface area contributed by atoms with Crippen molar-refractivity contribution in [2.75, 3.05) is 13.1 Å². The van der Waals surface area contributed by atoms with E-state index in [9.17, 15) is 14.4 Å². The first-order chi connectivity index (χ1) is 16.5. The summed E-state index contributed by atoms with van der Waals surface area (Å²) in [6.07, 6.45) is 1.42. The van der Waals surface area contributed by atoms with Gasteiger partial charge in [0.25, 0.3) is 0 Å². The molecular formula is C27H23ClFN3O2. The summed E-state index contributed by atoms with van der Waals surface area (Å²) in [6, 6.07) is 19.4. The maximum Gasteiger partial charge on any atom is 0.415 e. The molecule has 0 spiro atoms. The van der Waals surface area contributed by atoms with Crippen molar-refractivity contribution in [1.82, 2.24) is 9.47 Å². The van der Waals surface area contributed by atoms with E-state index in [0.29, 0.717) is 35.0 Å². The zero-order chi connectivity index (χ0) is 24.2. The van der Waals surface area contributed by atoms with Gasteiger partial charge in [0.05, 0.1) is 18.2 Å². The number of ether oxygens (including phenoxy) is 1. The Labute approximate surface area is 202 Å². The van der Waals surface area contributed by atoms with Crippen molar-refractivity contribution >= 4 is 28.6 Å². The predicted molar refractivity (Wildman–Crippen MR) is 132 cm³/mol. The third-order valence-corrected chi connectivity index (χ3v) is 6.18. The number of rotatable bonds is 6. The van der Waals surface area contributed by atoms with Crippen molar-refractivity contribution in [2.24, 2.45) is 0 Å². The van der Waals surface area contributed by atoms with Gasteiger partial charge in [0.1, 0.15) is 11.6 Å². The zero-order valence-electron chi connectivity index (χ0n) is 18.9. The van der Waals surface area contributed by atoms with Crippen molar-refractivity contribution in [3.8, 4) is 22.9 Å². The molecule has 0 aliphatic heterocycles. The third-order valence-electron chi connectivity index (χ3n) is 5.83. The average Bonchev–Trinajstić information content (AvgIpc) is 3.25. The van der Waals surface area contributed by atoms with Crippen LogP contribution in [0.2, 0.25) is 5.02 Å². The van der Waals surface area contributed by atoms with E-state index >= 15 is 0 Å². The lowest BCUT2D eigenvalue weighted by Crippen LogP contribution is -2.33. The highest BCUT2D eigenvalue weighted by molar-refractivity contribution is 6.31. The van der Waals surface area contributed by atoms with E-state index in [4.69, 9.17) is 16.3 Å². The van der Waals surface area contributed by atoms with E-state index in [1.165, 1.54) is 6.07 Å². The van der Waals surface area contributed by atoms with Crippen LogP contribution in [0.4, 0.5) is 9.18 Å². The minimum Gasteiger partial charge on any atom is -0.410 e. The molecule has 3 aromatic carbocycles. The molecule has 1 aromatic heterocycles.